The lowest BCUT2D eigenvalue weighted by Gasteiger charge is -2.29. The van der Waals surface area contributed by atoms with E-state index < -0.39 is 11.7 Å². The molecule has 2 atom stereocenters. The summed E-state index contributed by atoms with van der Waals surface area (Å²) in [4.78, 5) is 12.2. The summed E-state index contributed by atoms with van der Waals surface area (Å²) in [5.41, 5.74) is -0.655. The van der Waals surface area contributed by atoms with E-state index in [1.54, 1.807) is 0 Å². The second kappa shape index (κ2) is 6.36. The highest BCUT2D eigenvalue weighted by atomic mass is 79.9. The van der Waals surface area contributed by atoms with Crippen molar-refractivity contribution in [1.29, 1.82) is 0 Å². The topological polar surface area (TPSA) is 41.1 Å². The molecule has 3 nitrogen and oxygen atoms in total. The Hall–Kier alpha value is -1.08. The molecule has 0 bridgehead atoms. The number of hydrogen-bond acceptors (Lipinski definition) is 2. The molecule has 1 saturated heterocycles. The molecule has 0 aliphatic carbocycles. The zero-order chi connectivity index (χ0) is 15.6. The first kappa shape index (κ1) is 16.3. The number of amides is 1. The summed E-state index contributed by atoms with van der Waals surface area (Å²) < 4.78 is 38.5. The number of piperidine rings is 1. The van der Waals surface area contributed by atoms with Gasteiger partial charge in [-0.2, -0.15) is 13.2 Å². The van der Waals surface area contributed by atoms with Gasteiger partial charge >= 0.3 is 6.18 Å². The maximum Gasteiger partial charge on any atom is 0.416 e. The van der Waals surface area contributed by atoms with E-state index >= 15 is 0 Å². The third-order valence-electron chi connectivity index (χ3n) is 3.54. The summed E-state index contributed by atoms with van der Waals surface area (Å²) in [7, 11) is 0. The van der Waals surface area contributed by atoms with Crippen molar-refractivity contribution in [1.82, 2.24) is 5.32 Å². The monoisotopic (exact) mass is 364 g/mol. The van der Waals surface area contributed by atoms with Crippen molar-refractivity contribution >= 4 is 27.5 Å². The predicted octanol–water partition coefficient (Wildman–Crippen LogP) is 3.79. The lowest BCUT2D eigenvalue weighted by molar-refractivity contribution is -0.137. The Labute approximate surface area is 129 Å². The Kier molecular flexibility index (Phi) is 4.93. The van der Waals surface area contributed by atoms with Crippen molar-refractivity contribution in [2.24, 2.45) is 5.92 Å². The first-order chi connectivity index (χ1) is 9.77. The van der Waals surface area contributed by atoms with Crippen molar-refractivity contribution < 1.29 is 18.0 Å². The van der Waals surface area contributed by atoms with E-state index in [4.69, 9.17) is 0 Å². The Balaban J connectivity index is 2.15. The Morgan fingerprint density at radius 3 is 2.71 bits per heavy atom. The number of halogens is 4. The Bertz CT molecular complexity index is 533. The molecular weight excluding hydrogens is 349 g/mol. The highest BCUT2D eigenvalue weighted by molar-refractivity contribution is 9.10. The standard InChI is InChI=1S/C14H16BrF3N2O/c1-8-3-2-4-19-12(8)13(21)20-11-6-9(14(16,17)18)5-10(15)7-11/h5-8,12,19H,2-4H2,1H3,(H,20,21). The number of carbonyl (C=O) groups excluding carboxylic acids is 1. The van der Waals surface area contributed by atoms with E-state index in [2.05, 4.69) is 26.6 Å². The van der Waals surface area contributed by atoms with Crippen molar-refractivity contribution in [3.8, 4) is 0 Å². The highest BCUT2D eigenvalue weighted by Crippen LogP contribution is 2.33. The smallest absolute Gasteiger partial charge is 0.325 e. The lowest BCUT2D eigenvalue weighted by Crippen LogP contribution is -2.48. The number of alkyl halides is 3. The van der Waals surface area contributed by atoms with Gasteiger partial charge in [0.1, 0.15) is 0 Å². The summed E-state index contributed by atoms with van der Waals surface area (Å²) in [5.74, 6) is -0.138. The van der Waals surface area contributed by atoms with Crippen molar-refractivity contribution in [2.45, 2.75) is 32.0 Å². The zero-order valence-electron chi connectivity index (χ0n) is 11.4. The molecule has 0 radical (unpaired) electrons. The number of benzene rings is 1. The van der Waals surface area contributed by atoms with Gasteiger partial charge in [-0.3, -0.25) is 4.79 Å². The highest BCUT2D eigenvalue weighted by Gasteiger charge is 2.32. The number of nitrogens with one attached hydrogen (secondary N) is 2. The molecule has 21 heavy (non-hydrogen) atoms. The summed E-state index contributed by atoms with van der Waals surface area (Å²) >= 11 is 3.04. The Morgan fingerprint density at radius 2 is 2.10 bits per heavy atom. The second-order valence-electron chi connectivity index (χ2n) is 5.27. The van der Waals surface area contributed by atoms with Gasteiger partial charge in [-0.05, 0) is 43.5 Å². The van der Waals surface area contributed by atoms with Crippen LogP contribution >= 0.6 is 15.9 Å². The van der Waals surface area contributed by atoms with E-state index in [-0.39, 0.29) is 28.0 Å². The van der Waals surface area contributed by atoms with Crippen LogP contribution in [0.2, 0.25) is 0 Å². The maximum absolute atomic E-state index is 12.8. The van der Waals surface area contributed by atoms with Crippen LogP contribution in [0.1, 0.15) is 25.3 Å². The molecule has 1 fully saturated rings. The summed E-state index contributed by atoms with van der Waals surface area (Å²) in [6, 6.07) is 3.01. The number of carbonyl (C=O) groups is 1. The van der Waals surface area contributed by atoms with Crippen molar-refractivity contribution in [3.63, 3.8) is 0 Å². The van der Waals surface area contributed by atoms with Gasteiger partial charge in [-0.15, -0.1) is 0 Å². The van der Waals surface area contributed by atoms with E-state index in [1.165, 1.54) is 6.07 Å². The molecule has 2 unspecified atom stereocenters. The third-order valence-corrected chi connectivity index (χ3v) is 4.00. The van der Waals surface area contributed by atoms with Gasteiger partial charge in [-0.1, -0.05) is 22.9 Å². The molecule has 1 amide bonds. The van der Waals surface area contributed by atoms with Crippen LogP contribution in [0.4, 0.5) is 18.9 Å². The molecule has 1 heterocycles. The largest absolute Gasteiger partial charge is 0.416 e. The average molecular weight is 365 g/mol. The molecule has 1 aliphatic rings. The van der Waals surface area contributed by atoms with Gasteiger partial charge in [-0.25, -0.2) is 0 Å². The van der Waals surface area contributed by atoms with E-state index in [9.17, 15) is 18.0 Å². The zero-order valence-corrected chi connectivity index (χ0v) is 13.0. The molecule has 0 saturated carbocycles. The number of rotatable bonds is 2. The molecule has 2 N–H and O–H groups in total. The normalized spacial score (nSPS) is 22.9. The van der Waals surface area contributed by atoms with Crippen LogP contribution in [0.15, 0.2) is 22.7 Å². The first-order valence-electron chi connectivity index (χ1n) is 6.69. The number of hydrogen-bond donors (Lipinski definition) is 2. The molecule has 1 aromatic rings. The van der Waals surface area contributed by atoms with Crippen LogP contribution < -0.4 is 10.6 Å². The van der Waals surface area contributed by atoms with E-state index in [1.807, 2.05) is 6.92 Å². The van der Waals surface area contributed by atoms with Crippen LogP contribution in [-0.4, -0.2) is 18.5 Å². The van der Waals surface area contributed by atoms with Gasteiger partial charge < -0.3 is 10.6 Å². The van der Waals surface area contributed by atoms with Crippen LogP contribution in [-0.2, 0) is 11.0 Å². The quantitative estimate of drug-likeness (QED) is 0.837. The van der Waals surface area contributed by atoms with Gasteiger partial charge in [0.05, 0.1) is 11.6 Å². The van der Waals surface area contributed by atoms with Gasteiger partial charge in [0.2, 0.25) is 5.91 Å². The van der Waals surface area contributed by atoms with Crippen LogP contribution in [0.5, 0.6) is 0 Å². The number of anilines is 1. The molecular formula is C14H16BrF3N2O. The molecule has 116 valence electrons. The van der Waals surface area contributed by atoms with Gasteiger partial charge in [0, 0.05) is 10.2 Å². The summed E-state index contributed by atoms with van der Waals surface area (Å²) in [6.07, 6.45) is -2.52. The predicted molar refractivity (Wildman–Crippen MR) is 78.0 cm³/mol. The molecule has 0 aromatic heterocycles. The Morgan fingerprint density at radius 1 is 1.38 bits per heavy atom. The average Bonchev–Trinajstić information content (AvgIpc) is 2.37. The van der Waals surface area contributed by atoms with Gasteiger partial charge in [0.15, 0.2) is 0 Å². The molecule has 1 aromatic carbocycles. The maximum atomic E-state index is 12.8. The molecule has 7 heteroatoms. The van der Waals surface area contributed by atoms with Crippen molar-refractivity contribution in [2.75, 3.05) is 11.9 Å². The van der Waals surface area contributed by atoms with Crippen molar-refractivity contribution in [3.05, 3.63) is 28.2 Å². The summed E-state index contributed by atoms with van der Waals surface area (Å²) in [5, 5.41) is 5.67. The first-order valence-corrected chi connectivity index (χ1v) is 7.48. The van der Waals surface area contributed by atoms with Gasteiger partial charge in [0.25, 0.3) is 0 Å². The minimum absolute atomic E-state index is 0.140. The third kappa shape index (κ3) is 4.20. The lowest BCUT2D eigenvalue weighted by atomic mass is 9.92. The summed E-state index contributed by atoms with van der Waals surface area (Å²) in [6.45, 7) is 2.70. The van der Waals surface area contributed by atoms with E-state index in [0.29, 0.717) is 0 Å². The fourth-order valence-electron chi connectivity index (χ4n) is 2.45. The fraction of sp³-hybridized carbons (Fsp3) is 0.500. The van der Waals surface area contributed by atoms with E-state index in [0.717, 1.165) is 31.5 Å². The van der Waals surface area contributed by atoms with Crippen LogP contribution in [0.3, 0.4) is 0 Å². The molecule has 0 spiro atoms. The van der Waals surface area contributed by atoms with Crippen LogP contribution in [0, 0.1) is 5.92 Å². The SMILES string of the molecule is CC1CCCNC1C(=O)Nc1cc(Br)cc(C(F)(F)F)c1. The fourth-order valence-corrected chi connectivity index (χ4v) is 2.94. The minimum atomic E-state index is -4.44. The second-order valence-corrected chi connectivity index (χ2v) is 6.18. The molecule has 1 aliphatic heterocycles. The minimum Gasteiger partial charge on any atom is -0.325 e. The van der Waals surface area contributed by atoms with Crippen LogP contribution in [0.25, 0.3) is 0 Å². The molecule has 2 rings (SSSR count).